The van der Waals surface area contributed by atoms with Crippen LogP contribution in [0.2, 0.25) is 0 Å². The third-order valence-corrected chi connectivity index (χ3v) is 2.80. The van der Waals surface area contributed by atoms with Crippen LogP contribution in [0.15, 0.2) is 24.3 Å². The minimum absolute atomic E-state index is 0.224. The standard InChI is InChI=1S/C14H7F7/c1-6-2-8(15)12(9(16)3-6)7-4-10(17)13(11(18)5-7)14(19,20)21/h2-5H,1H3. The summed E-state index contributed by atoms with van der Waals surface area (Å²) in [5.74, 6) is -6.11. The molecule has 0 nitrogen and oxygen atoms in total. The topological polar surface area (TPSA) is 0 Å². The number of halogens is 7. The molecule has 0 saturated heterocycles. The predicted molar refractivity (Wildman–Crippen MR) is 61.4 cm³/mol. The van der Waals surface area contributed by atoms with Gasteiger partial charge in [-0.3, -0.25) is 0 Å². The fourth-order valence-electron chi connectivity index (χ4n) is 1.96. The highest BCUT2D eigenvalue weighted by molar-refractivity contribution is 5.66. The van der Waals surface area contributed by atoms with Crippen molar-refractivity contribution < 1.29 is 30.7 Å². The van der Waals surface area contributed by atoms with Gasteiger partial charge in [-0.1, -0.05) is 0 Å². The lowest BCUT2D eigenvalue weighted by Crippen LogP contribution is -2.11. The molecule has 2 aromatic carbocycles. The van der Waals surface area contributed by atoms with E-state index in [0.29, 0.717) is 0 Å². The Labute approximate surface area is 114 Å². The molecule has 2 aromatic rings. The minimum Gasteiger partial charge on any atom is -0.206 e. The number of hydrogen-bond acceptors (Lipinski definition) is 0. The summed E-state index contributed by atoms with van der Waals surface area (Å²) in [5.41, 5.74) is -3.30. The Bertz CT molecular complexity index is 655. The van der Waals surface area contributed by atoms with Gasteiger partial charge in [0.05, 0.1) is 5.56 Å². The van der Waals surface area contributed by atoms with Crippen molar-refractivity contribution in [3.8, 4) is 11.1 Å². The molecule has 0 radical (unpaired) electrons. The zero-order valence-electron chi connectivity index (χ0n) is 10.5. The van der Waals surface area contributed by atoms with Crippen LogP contribution in [0.5, 0.6) is 0 Å². The van der Waals surface area contributed by atoms with Gasteiger partial charge in [0.2, 0.25) is 0 Å². The van der Waals surface area contributed by atoms with Gasteiger partial charge in [0.25, 0.3) is 0 Å². The smallest absolute Gasteiger partial charge is 0.206 e. The summed E-state index contributed by atoms with van der Waals surface area (Å²) >= 11 is 0. The number of aryl methyl sites for hydroxylation is 1. The fourth-order valence-corrected chi connectivity index (χ4v) is 1.96. The van der Waals surface area contributed by atoms with Crippen molar-refractivity contribution in [2.24, 2.45) is 0 Å². The third kappa shape index (κ3) is 2.86. The molecule has 7 heteroatoms. The van der Waals surface area contributed by atoms with E-state index in [-0.39, 0.29) is 17.7 Å². The Hall–Kier alpha value is -2.05. The summed E-state index contributed by atoms with van der Waals surface area (Å²) in [5, 5.41) is 0. The third-order valence-electron chi connectivity index (χ3n) is 2.80. The molecule has 0 aliphatic rings. The van der Waals surface area contributed by atoms with Gasteiger partial charge >= 0.3 is 6.18 Å². The van der Waals surface area contributed by atoms with Crippen molar-refractivity contribution in [1.29, 1.82) is 0 Å². The molecule has 0 fully saturated rings. The molecule has 2 rings (SSSR count). The maximum absolute atomic E-state index is 13.7. The summed E-state index contributed by atoms with van der Waals surface area (Å²) in [6, 6.07) is 2.32. The minimum atomic E-state index is -5.24. The van der Waals surface area contributed by atoms with Crippen LogP contribution in [0.1, 0.15) is 11.1 Å². The molecule has 0 aliphatic carbocycles. The highest BCUT2D eigenvalue weighted by atomic mass is 19.4. The van der Waals surface area contributed by atoms with Crippen molar-refractivity contribution >= 4 is 0 Å². The summed E-state index contributed by atoms with van der Waals surface area (Å²) in [4.78, 5) is 0. The van der Waals surface area contributed by atoms with Crippen molar-refractivity contribution in [1.82, 2.24) is 0 Å². The lowest BCUT2D eigenvalue weighted by molar-refractivity contribution is -0.142. The van der Waals surface area contributed by atoms with Gasteiger partial charge in [0, 0.05) is 0 Å². The second kappa shape index (κ2) is 5.05. The molecule has 0 N–H and O–H groups in total. The van der Waals surface area contributed by atoms with Crippen LogP contribution in [-0.4, -0.2) is 0 Å². The Morgan fingerprint density at radius 3 is 1.52 bits per heavy atom. The summed E-state index contributed by atoms with van der Waals surface area (Å²) in [6.07, 6.45) is -5.24. The molecular weight excluding hydrogens is 301 g/mol. The number of benzene rings is 2. The highest BCUT2D eigenvalue weighted by Gasteiger charge is 2.38. The van der Waals surface area contributed by atoms with Gasteiger partial charge in [0.1, 0.15) is 28.8 Å². The van der Waals surface area contributed by atoms with E-state index in [1.165, 1.54) is 6.92 Å². The lowest BCUT2D eigenvalue weighted by atomic mass is 10.00. The molecular formula is C14H7F7. The molecule has 21 heavy (non-hydrogen) atoms. The SMILES string of the molecule is Cc1cc(F)c(-c2cc(F)c(C(F)(F)F)c(F)c2)c(F)c1. The molecule has 0 bridgehead atoms. The molecule has 0 heterocycles. The van der Waals surface area contributed by atoms with E-state index < -0.39 is 46.1 Å². The van der Waals surface area contributed by atoms with Crippen molar-refractivity contribution in [2.45, 2.75) is 13.1 Å². The largest absolute Gasteiger partial charge is 0.422 e. The van der Waals surface area contributed by atoms with Gasteiger partial charge < -0.3 is 0 Å². The average molecular weight is 308 g/mol. The summed E-state index contributed by atoms with van der Waals surface area (Å²) < 4.78 is 91.5. The highest BCUT2D eigenvalue weighted by Crippen LogP contribution is 2.37. The van der Waals surface area contributed by atoms with Crippen molar-refractivity contribution in [2.75, 3.05) is 0 Å². The number of rotatable bonds is 1. The monoisotopic (exact) mass is 308 g/mol. The lowest BCUT2D eigenvalue weighted by Gasteiger charge is -2.12. The predicted octanol–water partition coefficient (Wildman–Crippen LogP) is 5.24. The van der Waals surface area contributed by atoms with Crippen LogP contribution in [0.4, 0.5) is 30.7 Å². The van der Waals surface area contributed by atoms with E-state index in [1.807, 2.05) is 0 Å². The quantitative estimate of drug-likeness (QED) is 0.632. The summed E-state index contributed by atoms with van der Waals surface area (Å²) in [6.45, 7) is 1.39. The normalized spacial score (nSPS) is 11.8. The van der Waals surface area contributed by atoms with E-state index in [2.05, 4.69) is 0 Å². The molecule has 112 valence electrons. The van der Waals surface area contributed by atoms with Gasteiger partial charge in [-0.25, -0.2) is 17.6 Å². The van der Waals surface area contributed by atoms with E-state index in [1.54, 1.807) is 0 Å². The second-order valence-electron chi connectivity index (χ2n) is 4.42. The number of hydrogen-bond donors (Lipinski definition) is 0. The maximum Gasteiger partial charge on any atom is 0.422 e. The Morgan fingerprint density at radius 2 is 1.14 bits per heavy atom. The molecule has 0 aliphatic heterocycles. The van der Waals surface area contributed by atoms with Crippen molar-refractivity contribution in [3.05, 3.63) is 58.7 Å². The number of alkyl halides is 3. The van der Waals surface area contributed by atoms with Crippen LogP contribution in [0.3, 0.4) is 0 Å². The van der Waals surface area contributed by atoms with Crippen LogP contribution in [0, 0.1) is 30.2 Å². The van der Waals surface area contributed by atoms with Crippen molar-refractivity contribution in [3.63, 3.8) is 0 Å². The van der Waals surface area contributed by atoms with Gasteiger partial charge in [0.15, 0.2) is 0 Å². The molecule has 0 atom stereocenters. The second-order valence-corrected chi connectivity index (χ2v) is 4.42. The van der Waals surface area contributed by atoms with E-state index in [4.69, 9.17) is 0 Å². The average Bonchev–Trinajstić information content (AvgIpc) is 2.23. The zero-order chi connectivity index (χ0) is 15.9. The van der Waals surface area contributed by atoms with Gasteiger partial charge in [-0.15, -0.1) is 0 Å². The Kier molecular flexibility index (Phi) is 3.69. The Balaban J connectivity index is 2.69. The summed E-state index contributed by atoms with van der Waals surface area (Å²) in [7, 11) is 0. The first-order chi connectivity index (χ1) is 9.61. The van der Waals surface area contributed by atoms with E-state index in [0.717, 1.165) is 12.1 Å². The molecule has 0 spiro atoms. The van der Waals surface area contributed by atoms with Gasteiger partial charge in [-0.2, -0.15) is 13.2 Å². The van der Waals surface area contributed by atoms with Crippen LogP contribution in [0.25, 0.3) is 11.1 Å². The molecule has 0 unspecified atom stereocenters. The first kappa shape index (κ1) is 15.3. The molecule has 0 aromatic heterocycles. The first-order valence-corrected chi connectivity index (χ1v) is 5.63. The molecule has 0 saturated carbocycles. The first-order valence-electron chi connectivity index (χ1n) is 5.63. The zero-order valence-corrected chi connectivity index (χ0v) is 10.5. The maximum atomic E-state index is 13.7. The fraction of sp³-hybridized carbons (Fsp3) is 0.143. The Morgan fingerprint density at radius 1 is 0.714 bits per heavy atom. The van der Waals surface area contributed by atoms with Crippen LogP contribution in [-0.2, 0) is 6.18 Å². The van der Waals surface area contributed by atoms with Crippen LogP contribution >= 0.6 is 0 Å². The van der Waals surface area contributed by atoms with E-state index in [9.17, 15) is 30.7 Å². The van der Waals surface area contributed by atoms with E-state index >= 15 is 0 Å². The van der Waals surface area contributed by atoms with Crippen LogP contribution < -0.4 is 0 Å². The molecule has 0 amide bonds. The van der Waals surface area contributed by atoms with Gasteiger partial charge in [-0.05, 0) is 42.3 Å².